The van der Waals surface area contributed by atoms with E-state index in [-0.39, 0.29) is 17.0 Å². The van der Waals surface area contributed by atoms with Gasteiger partial charge in [0.25, 0.3) is 0 Å². The molecule has 1 unspecified atom stereocenters. The predicted molar refractivity (Wildman–Crippen MR) is 168 cm³/mol. The summed E-state index contributed by atoms with van der Waals surface area (Å²) < 4.78 is 0. The molecule has 5 aromatic carbocycles. The molecule has 0 bridgehead atoms. The Morgan fingerprint density at radius 2 is 0.780 bits per heavy atom. The van der Waals surface area contributed by atoms with E-state index in [1.165, 1.54) is 5.56 Å². The summed E-state index contributed by atoms with van der Waals surface area (Å²) in [5.41, 5.74) is 5.21. The van der Waals surface area contributed by atoms with E-state index in [9.17, 15) is 9.59 Å². The van der Waals surface area contributed by atoms with Crippen LogP contribution in [0.2, 0.25) is 0 Å². The van der Waals surface area contributed by atoms with Gasteiger partial charge in [-0.2, -0.15) is 0 Å². The summed E-state index contributed by atoms with van der Waals surface area (Å²) in [7, 11) is 0. The number of benzene rings is 5. The molecule has 0 aliphatic carbocycles. The summed E-state index contributed by atoms with van der Waals surface area (Å²) in [5, 5.41) is 0. The molecular weight excluding hydrogens is 500 g/mol. The van der Waals surface area contributed by atoms with Crippen molar-refractivity contribution in [3.05, 3.63) is 179 Å². The Bertz CT molecular complexity index is 1470. The smallest absolute Gasteiger partial charge is 0.170 e. The molecule has 41 heavy (non-hydrogen) atoms. The fraction of sp³-hybridized carbons (Fsp3) is 0.179. The Hall–Kier alpha value is -4.56. The van der Waals surface area contributed by atoms with Crippen LogP contribution in [0.3, 0.4) is 0 Å². The van der Waals surface area contributed by atoms with Crippen LogP contribution in [0.15, 0.2) is 146 Å². The molecular formula is C39H36O2. The minimum absolute atomic E-state index is 0.00323. The van der Waals surface area contributed by atoms with E-state index in [0.717, 1.165) is 16.7 Å². The first kappa shape index (κ1) is 28.0. The van der Waals surface area contributed by atoms with Crippen LogP contribution in [0, 0.1) is 0 Å². The average molecular weight is 537 g/mol. The quantitative estimate of drug-likeness (QED) is 0.176. The Labute approximate surface area is 243 Å². The van der Waals surface area contributed by atoms with Crippen molar-refractivity contribution in [2.75, 3.05) is 0 Å². The monoisotopic (exact) mass is 536 g/mol. The molecule has 0 fully saturated rings. The van der Waals surface area contributed by atoms with Crippen molar-refractivity contribution in [1.82, 2.24) is 0 Å². The Morgan fingerprint density at radius 1 is 0.439 bits per heavy atom. The highest BCUT2D eigenvalue weighted by Crippen LogP contribution is 2.47. The van der Waals surface area contributed by atoms with Crippen molar-refractivity contribution < 1.29 is 9.59 Å². The van der Waals surface area contributed by atoms with Gasteiger partial charge in [-0.05, 0) is 27.7 Å². The van der Waals surface area contributed by atoms with Gasteiger partial charge in [-0.1, -0.05) is 166 Å². The first-order valence-corrected chi connectivity index (χ1v) is 14.2. The van der Waals surface area contributed by atoms with Crippen LogP contribution in [-0.4, -0.2) is 11.6 Å². The molecule has 2 heteroatoms. The summed E-state index contributed by atoms with van der Waals surface area (Å²) in [4.78, 5) is 29.1. The van der Waals surface area contributed by atoms with Crippen LogP contribution in [0.1, 0.15) is 81.5 Å². The Kier molecular flexibility index (Phi) is 8.40. The molecule has 0 N–H and O–H groups in total. The van der Waals surface area contributed by atoms with E-state index in [2.05, 4.69) is 45.0 Å². The van der Waals surface area contributed by atoms with E-state index >= 15 is 0 Å². The maximum Gasteiger partial charge on any atom is 0.170 e. The van der Waals surface area contributed by atoms with Gasteiger partial charge in [-0.25, -0.2) is 0 Å². The van der Waals surface area contributed by atoms with Crippen molar-refractivity contribution in [3.63, 3.8) is 0 Å². The lowest BCUT2D eigenvalue weighted by molar-refractivity contribution is 0.0899. The van der Waals surface area contributed by atoms with E-state index in [1.54, 1.807) is 0 Å². The highest BCUT2D eigenvalue weighted by molar-refractivity contribution is 6.05. The third-order valence-corrected chi connectivity index (χ3v) is 7.88. The predicted octanol–water partition coefficient (Wildman–Crippen LogP) is 9.40. The summed E-state index contributed by atoms with van der Waals surface area (Å²) in [6.45, 7) is 6.57. The van der Waals surface area contributed by atoms with E-state index in [4.69, 9.17) is 0 Å². The SMILES string of the molecule is CC(C)(C)c1ccc(C([C@H](C(=O)c2ccccc2)c2ccccc2)[C@@H](C(=O)c2ccccc2)c2ccccc2)cc1. The number of ketones is 2. The second-order valence-corrected chi connectivity index (χ2v) is 11.6. The Balaban J connectivity index is 1.78. The molecule has 3 atom stereocenters. The summed E-state index contributed by atoms with van der Waals surface area (Å²) in [6.07, 6.45) is 0. The van der Waals surface area contributed by atoms with E-state index < -0.39 is 17.8 Å². The van der Waals surface area contributed by atoms with Crippen molar-refractivity contribution in [2.45, 2.75) is 43.9 Å². The molecule has 5 rings (SSSR count). The van der Waals surface area contributed by atoms with Gasteiger partial charge >= 0.3 is 0 Å². The first-order valence-electron chi connectivity index (χ1n) is 14.2. The molecule has 0 aliphatic heterocycles. The van der Waals surface area contributed by atoms with Crippen molar-refractivity contribution >= 4 is 11.6 Å². The van der Waals surface area contributed by atoms with Gasteiger partial charge in [0.15, 0.2) is 11.6 Å². The number of hydrogen-bond donors (Lipinski definition) is 0. The first-order chi connectivity index (χ1) is 19.8. The molecule has 0 saturated heterocycles. The average Bonchev–Trinajstić information content (AvgIpc) is 3.02. The van der Waals surface area contributed by atoms with Crippen LogP contribution in [0.4, 0.5) is 0 Å². The summed E-state index contributed by atoms with van der Waals surface area (Å²) in [5.74, 6) is -1.62. The minimum Gasteiger partial charge on any atom is -0.293 e. The van der Waals surface area contributed by atoms with Crippen LogP contribution >= 0.6 is 0 Å². The van der Waals surface area contributed by atoms with Gasteiger partial charge in [0.1, 0.15) is 0 Å². The topological polar surface area (TPSA) is 34.1 Å². The summed E-state index contributed by atoms with van der Waals surface area (Å²) in [6, 6.07) is 47.3. The highest BCUT2D eigenvalue weighted by Gasteiger charge is 2.41. The molecule has 0 aliphatic rings. The van der Waals surface area contributed by atoms with Crippen LogP contribution in [-0.2, 0) is 5.41 Å². The number of carbonyl (C=O) groups excluding carboxylic acids is 2. The van der Waals surface area contributed by atoms with Crippen molar-refractivity contribution in [3.8, 4) is 0 Å². The molecule has 204 valence electrons. The van der Waals surface area contributed by atoms with Crippen LogP contribution < -0.4 is 0 Å². The number of hydrogen-bond acceptors (Lipinski definition) is 2. The van der Waals surface area contributed by atoms with Crippen molar-refractivity contribution in [2.24, 2.45) is 0 Å². The fourth-order valence-corrected chi connectivity index (χ4v) is 5.71. The number of Topliss-reactive ketones (excluding diaryl/α,β-unsaturated/α-hetero) is 2. The maximum atomic E-state index is 14.6. The molecule has 0 amide bonds. The molecule has 0 heterocycles. The summed E-state index contributed by atoms with van der Waals surface area (Å²) >= 11 is 0. The second-order valence-electron chi connectivity index (χ2n) is 11.6. The standard InChI is InChI=1S/C39H36O2/c1-39(2,3)33-26-24-30(25-27-33)34(35(28-16-8-4-9-17-28)37(40)31-20-12-6-13-21-31)36(29-18-10-5-11-19-29)38(41)32-22-14-7-15-23-32/h4-27,34-36H,1-3H3/t34?,35-,36+. The zero-order valence-electron chi connectivity index (χ0n) is 23.9. The van der Waals surface area contributed by atoms with Gasteiger partial charge in [0.2, 0.25) is 0 Å². The van der Waals surface area contributed by atoms with Gasteiger partial charge < -0.3 is 0 Å². The van der Waals surface area contributed by atoms with Crippen LogP contribution in [0.5, 0.6) is 0 Å². The van der Waals surface area contributed by atoms with Crippen molar-refractivity contribution in [1.29, 1.82) is 0 Å². The van der Waals surface area contributed by atoms with Gasteiger partial charge in [-0.15, -0.1) is 0 Å². The third kappa shape index (κ3) is 6.28. The molecule has 0 radical (unpaired) electrons. The molecule has 0 spiro atoms. The van der Waals surface area contributed by atoms with E-state index in [0.29, 0.717) is 11.1 Å². The number of carbonyl (C=O) groups is 2. The molecule has 2 nitrogen and oxygen atoms in total. The van der Waals surface area contributed by atoms with E-state index in [1.807, 2.05) is 121 Å². The lowest BCUT2D eigenvalue weighted by atomic mass is 9.66. The fourth-order valence-electron chi connectivity index (χ4n) is 5.71. The highest BCUT2D eigenvalue weighted by atomic mass is 16.1. The minimum atomic E-state index is -0.586. The molecule has 0 aromatic heterocycles. The lowest BCUT2D eigenvalue weighted by Crippen LogP contribution is -2.30. The van der Waals surface area contributed by atoms with Gasteiger partial charge in [0, 0.05) is 17.0 Å². The normalized spacial score (nSPS) is 13.6. The zero-order valence-corrected chi connectivity index (χ0v) is 23.9. The zero-order chi connectivity index (χ0) is 28.8. The second kappa shape index (κ2) is 12.3. The van der Waals surface area contributed by atoms with Gasteiger partial charge in [0.05, 0.1) is 11.8 Å². The maximum absolute atomic E-state index is 14.6. The number of rotatable bonds is 9. The molecule has 5 aromatic rings. The lowest BCUT2D eigenvalue weighted by Gasteiger charge is -2.34. The largest absolute Gasteiger partial charge is 0.293 e. The molecule has 0 saturated carbocycles. The third-order valence-electron chi connectivity index (χ3n) is 7.88. The Morgan fingerprint density at radius 3 is 1.12 bits per heavy atom. The van der Waals surface area contributed by atoms with Crippen LogP contribution in [0.25, 0.3) is 0 Å². The van der Waals surface area contributed by atoms with Gasteiger partial charge in [-0.3, -0.25) is 9.59 Å².